The van der Waals surface area contributed by atoms with Gasteiger partial charge in [-0.05, 0) is 57.8 Å². The van der Waals surface area contributed by atoms with Gasteiger partial charge in [0.1, 0.15) is 30.5 Å². The molecule has 1 saturated heterocycles. The Labute approximate surface area is 299 Å². The normalized spacial score (nSPS) is 22.7. The van der Waals surface area contributed by atoms with Crippen molar-refractivity contribution in [2.75, 3.05) is 26.4 Å². The van der Waals surface area contributed by atoms with Crippen molar-refractivity contribution in [1.29, 1.82) is 0 Å². The molecule has 0 bridgehead atoms. The fourth-order valence-electron chi connectivity index (χ4n) is 4.68. The second-order valence-corrected chi connectivity index (χ2v) is 12.8. The lowest BCUT2D eigenvalue weighted by molar-refractivity contribution is -0.301. The van der Waals surface area contributed by atoms with E-state index in [-0.39, 0.29) is 19.6 Å². The molecule has 1 aliphatic heterocycles. The molecule has 6 atom stereocenters. The first-order valence-corrected chi connectivity index (χ1v) is 19.1. The SMILES string of the molecule is CC/C=C\C/C=C\C/C=C\C/C=C\C/C=C\C/C=C\CCCOCC(COC1OC(CO)C(O)C(OS(=O)(=O)O)C1O)OC(=O)CCCCC. The van der Waals surface area contributed by atoms with Crippen LogP contribution in [0.2, 0.25) is 0 Å². The lowest BCUT2D eigenvalue weighted by Gasteiger charge is -2.41. The zero-order chi connectivity index (χ0) is 36.9. The van der Waals surface area contributed by atoms with Gasteiger partial charge in [-0.1, -0.05) is 99.6 Å². The summed E-state index contributed by atoms with van der Waals surface area (Å²) in [5.74, 6) is -0.449. The average molecular weight is 729 g/mol. The van der Waals surface area contributed by atoms with Crippen LogP contribution in [0.4, 0.5) is 0 Å². The first-order chi connectivity index (χ1) is 24.1. The molecule has 0 spiro atoms. The largest absolute Gasteiger partial charge is 0.457 e. The van der Waals surface area contributed by atoms with E-state index in [0.29, 0.717) is 13.0 Å². The first kappa shape index (κ1) is 45.6. The average Bonchev–Trinajstić information content (AvgIpc) is 3.08. The van der Waals surface area contributed by atoms with Gasteiger partial charge in [0.15, 0.2) is 6.29 Å². The smallest absolute Gasteiger partial charge is 0.397 e. The quantitative estimate of drug-likeness (QED) is 0.0339. The maximum absolute atomic E-state index is 12.4. The summed E-state index contributed by atoms with van der Waals surface area (Å²) >= 11 is 0. The van der Waals surface area contributed by atoms with E-state index < -0.39 is 59.8 Å². The van der Waals surface area contributed by atoms with Crippen molar-refractivity contribution in [2.24, 2.45) is 0 Å². The van der Waals surface area contributed by atoms with Crippen LogP contribution in [0.1, 0.15) is 90.9 Å². The molecular weight excluding hydrogens is 668 g/mol. The second-order valence-electron chi connectivity index (χ2n) is 11.7. The zero-order valence-electron chi connectivity index (χ0n) is 29.7. The molecule has 4 N–H and O–H groups in total. The van der Waals surface area contributed by atoms with Gasteiger partial charge in [0, 0.05) is 13.0 Å². The molecule has 286 valence electrons. The number of aliphatic hydroxyl groups is 3. The Bertz CT molecular complexity index is 1160. The minimum absolute atomic E-state index is 0.0108. The van der Waals surface area contributed by atoms with Gasteiger partial charge in [-0.25, -0.2) is 4.18 Å². The predicted octanol–water partition coefficient (Wildman–Crippen LogP) is 5.62. The molecular formula is C37H60O12S. The number of hydrogen-bond acceptors (Lipinski definition) is 11. The number of aliphatic hydroxyl groups excluding tert-OH is 3. The van der Waals surface area contributed by atoms with Crippen molar-refractivity contribution in [3.05, 3.63) is 72.9 Å². The summed E-state index contributed by atoms with van der Waals surface area (Å²) in [7, 11) is -5.06. The third-order valence-corrected chi connectivity index (χ3v) is 7.81. The molecule has 6 unspecified atom stereocenters. The van der Waals surface area contributed by atoms with Crippen LogP contribution < -0.4 is 0 Å². The van der Waals surface area contributed by atoms with Crippen LogP contribution in [0.15, 0.2) is 72.9 Å². The Morgan fingerprint density at radius 2 is 1.34 bits per heavy atom. The number of allylic oxidation sites excluding steroid dienone is 12. The summed E-state index contributed by atoms with van der Waals surface area (Å²) in [5, 5.41) is 30.3. The van der Waals surface area contributed by atoms with E-state index in [1.165, 1.54) is 0 Å². The number of esters is 1. The number of rotatable bonds is 28. The van der Waals surface area contributed by atoms with Gasteiger partial charge in [0.25, 0.3) is 0 Å². The Balaban J connectivity index is 2.42. The molecule has 1 heterocycles. The van der Waals surface area contributed by atoms with E-state index in [9.17, 15) is 28.5 Å². The van der Waals surface area contributed by atoms with E-state index in [2.05, 4.69) is 84.0 Å². The summed E-state index contributed by atoms with van der Waals surface area (Å²) < 4.78 is 58.1. The van der Waals surface area contributed by atoms with Gasteiger partial charge < -0.3 is 34.3 Å². The molecule has 1 fully saturated rings. The number of carbonyl (C=O) groups excluding carboxylic acids is 1. The standard InChI is InChI=1S/C37H60O12S/c1-3-5-7-8-9-10-11-12-13-14-15-16-17-18-19-20-21-22-23-25-27-45-29-31(47-33(39)26-24-6-4-2)30-46-37-35(41)36(49-50(42,43)44)34(40)32(28-38)48-37/h5,7,9-10,12-13,15-16,18-19,21-22,31-32,34-38,40-41H,3-4,6,8,11,14,17,20,23-30H2,1-2H3,(H,42,43,44)/b7-5-,10-9-,13-12-,16-15-,19-18-,22-21-. The summed E-state index contributed by atoms with van der Waals surface area (Å²) in [4.78, 5) is 12.4. The summed E-state index contributed by atoms with van der Waals surface area (Å²) in [6.45, 7) is 3.47. The highest BCUT2D eigenvalue weighted by Crippen LogP contribution is 2.25. The molecule has 1 rings (SSSR count). The third kappa shape index (κ3) is 23.1. The monoisotopic (exact) mass is 728 g/mol. The highest BCUT2D eigenvalue weighted by Gasteiger charge is 2.48. The minimum Gasteiger partial charge on any atom is -0.457 e. The van der Waals surface area contributed by atoms with Crippen molar-refractivity contribution < 1.29 is 56.2 Å². The summed E-state index contributed by atoms with van der Waals surface area (Å²) in [6.07, 6.45) is 26.4. The van der Waals surface area contributed by atoms with Crippen LogP contribution in [0.25, 0.3) is 0 Å². The Kier molecular flexibility index (Phi) is 26.6. The van der Waals surface area contributed by atoms with Gasteiger partial charge in [-0.2, -0.15) is 8.42 Å². The number of unbranched alkanes of at least 4 members (excludes halogenated alkanes) is 3. The van der Waals surface area contributed by atoms with Crippen LogP contribution >= 0.6 is 0 Å². The maximum Gasteiger partial charge on any atom is 0.397 e. The third-order valence-electron chi connectivity index (χ3n) is 7.34. The number of carbonyl (C=O) groups is 1. The van der Waals surface area contributed by atoms with E-state index >= 15 is 0 Å². The van der Waals surface area contributed by atoms with E-state index in [1.54, 1.807) is 0 Å². The summed E-state index contributed by atoms with van der Waals surface area (Å²) in [5.41, 5.74) is 0. The fourth-order valence-corrected chi connectivity index (χ4v) is 5.19. The van der Waals surface area contributed by atoms with Crippen molar-refractivity contribution in [2.45, 2.75) is 128 Å². The molecule has 0 aliphatic carbocycles. The molecule has 0 aromatic heterocycles. The highest BCUT2D eigenvalue weighted by molar-refractivity contribution is 7.80. The predicted molar refractivity (Wildman–Crippen MR) is 192 cm³/mol. The molecule has 13 heteroatoms. The molecule has 0 radical (unpaired) electrons. The second kappa shape index (κ2) is 29.2. The summed E-state index contributed by atoms with van der Waals surface area (Å²) in [6, 6.07) is 0. The Hall–Kier alpha value is -2.46. The van der Waals surface area contributed by atoms with Crippen molar-refractivity contribution >= 4 is 16.4 Å². The number of ether oxygens (including phenoxy) is 4. The molecule has 12 nitrogen and oxygen atoms in total. The lowest BCUT2D eigenvalue weighted by Crippen LogP contribution is -2.60. The Morgan fingerprint density at radius 3 is 1.86 bits per heavy atom. The topological polar surface area (TPSA) is 178 Å². The van der Waals surface area contributed by atoms with Crippen LogP contribution in [0, 0.1) is 0 Å². The molecule has 0 aromatic rings. The zero-order valence-corrected chi connectivity index (χ0v) is 30.5. The first-order valence-electron chi connectivity index (χ1n) is 17.7. The van der Waals surface area contributed by atoms with Gasteiger partial charge in [-0.15, -0.1) is 0 Å². The lowest BCUT2D eigenvalue weighted by atomic mass is 9.99. The molecule has 50 heavy (non-hydrogen) atoms. The van der Waals surface area contributed by atoms with Crippen LogP contribution in [0.5, 0.6) is 0 Å². The highest BCUT2D eigenvalue weighted by atomic mass is 32.3. The van der Waals surface area contributed by atoms with E-state index in [1.807, 2.05) is 6.92 Å². The van der Waals surface area contributed by atoms with Crippen LogP contribution in [-0.2, 0) is 38.3 Å². The van der Waals surface area contributed by atoms with E-state index in [4.69, 9.17) is 23.5 Å². The van der Waals surface area contributed by atoms with Gasteiger partial charge in [-0.3, -0.25) is 9.35 Å². The molecule has 1 aliphatic rings. The molecule has 0 amide bonds. The van der Waals surface area contributed by atoms with Gasteiger partial charge in [0.05, 0.1) is 19.8 Å². The minimum atomic E-state index is -5.06. The number of hydrogen-bond donors (Lipinski definition) is 4. The van der Waals surface area contributed by atoms with Crippen molar-refractivity contribution in [3.8, 4) is 0 Å². The maximum atomic E-state index is 12.4. The van der Waals surface area contributed by atoms with Crippen molar-refractivity contribution in [3.63, 3.8) is 0 Å². The van der Waals surface area contributed by atoms with Crippen LogP contribution in [-0.4, -0.2) is 97.5 Å². The molecule has 0 aromatic carbocycles. The van der Waals surface area contributed by atoms with Crippen molar-refractivity contribution in [1.82, 2.24) is 0 Å². The Morgan fingerprint density at radius 1 is 0.780 bits per heavy atom. The van der Waals surface area contributed by atoms with Gasteiger partial charge >= 0.3 is 16.4 Å². The fraction of sp³-hybridized carbons (Fsp3) is 0.649. The van der Waals surface area contributed by atoms with Gasteiger partial charge in [0.2, 0.25) is 0 Å². The molecule has 0 saturated carbocycles. The van der Waals surface area contributed by atoms with E-state index in [0.717, 1.165) is 64.2 Å². The van der Waals surface area contributed by atoms with Crippen LogP contribution in [0.3, 0.4) is 0 Å².